The topological polar surface area (TPSA) is 78.9 Å². The molecule has 0 radical (unpaired) electrons. The van der Waals surface area contributed by atoms with E-state index in [1.807, 2.05) is 60.7 Å². The minimum atomic E-state index is -0.456. The molecular formula is C23H15N3O2. The number of carbonyl (C=O) groups is 1. The molecule has 0 spiro atoms. The zero-order valence-electron chi connectivity index (χ0n) is 14.8. The molecule has 0 saturated carbocycles. The van der Waals surface area contributed by atoms with Crippen molar-refractivity contribution in [1.29, 1.82) is 5.26 Å². The molecule has 5 heteroatoms. The fourth-order valence-corrected chi connectivity index (χ4v) is 2.88. The summed E-state index contributed by atoms with van der Waals surface area (Å²) in [4.78, 5) is 12.4. The van der Waals surface area contributed by atoms with E-state index < -0.39 is 5.91 Å². The first-order valence-electron chi connectivity index (χ1n) is 8.67. The highest BCUT2D eigenvalue weighted by molar-refractivity contribution is 6.10. The van der Waals surface area contributed by atoms with Crippen molar-refractivity contribution in [3.63, 3.8) is 0 Å². The van der Waals surface area contributed by atoms with E-state index >= 15 is 0 Å². The van der Waals surface area contributed by atoms with Crippen molar-refractivity contribution in [3.8, 4) is 17.4 Å². The molecule has 1 amide bonds. The van der Waals surface area contributed by atoms with Crippen LogP contribution < -0.4 is 5.32 Å². The van der Waals surface area contributed by atoms with Gasteiger partial charge >= 0.3 is 0 Å². The Bertz CT molecular complexity index is 1200. The van der Waals surface area contributed by atoms with Crippen molar-refractivity contribution >= 4 is 28.6 Å². The van der Waals surface area contributed by atoms with E-state index in [9.17, 15) is 10.1 Å². The van der Waals surface area contributed by atoms with Crippen molar-refractivity contribution in [1.82, 2.24) is 5.16 Å². The molecule has 0 bridgehead atoms. The standard InChI is InChI=1S/C23H15N3O2/c24-15-18(23(27)25-19-9-5-2-6-10-19)13-16-11-12-21-20(14-16)22(28-26-21)17-7-3-1-4-8-17/h1-14H,(H,25,27). The Hall–Kier alpha value is -4.17. The van der Waals surface area contributed by atoms with E-state index in [0.717, 1.165) is 10.9 Å². The number of nitriles is 1. The van der Waals surface area contributed by atoms with Crippen LogP contribution in [0.1, 0.15) is 5.56 Å². The molecule has 1 N–H and O–H groups in total. The van der Waals surface area contributed by atoms with E-state index in [-0.39, 0.29) is 5.57 Å². The van der Waals surface area contributed by atoms with Gasteiger partial charge in [0.25, 0.3) is 5.91 Å². The average molecular weight is 365 g/mol. The number of hydrogen-bond acceptors (Lipinski definition) is 4. The number of fused-ring (bicyclic) bond motifs is 1. The average Bonchev–Trinajstić information content (AvgIpc) is 3.16. The third kappa shape index (κ3) is 3.53. The number of aromatic nitrogens is 1. The maximum absolute atomic E-state index is 12.4. The molecule has 28 heavy (non-hydrogen) atoms. The first-order valence-corrected chi connectivity index (χ1v) is 8.67. The number of para-hydroxylation sites is 1. The molecule has 1 aromatic heterocycles. The monoisotopic (exact) mass is 365 g/mol. The third-order valence-electron chi connectivity index (χ3n) is 4.24. The summed E-state index contributed by atoms with van der Waals surface area (Å²) in [6.45, 7) is 0. The Balaban J connectivity index is 1.68. The molecule has 0 fully saturated rings. The van der Waals surface area contributed by atoms with Gasteiger partial charge in [0.05, 0.1) is 5.39 Å². The smallest absolute Gasteiger partial charge is 0.266 e. The first-order chi connectivity index (χ1) is 13.7. The molecular weight excluding hydrogens is 350 g/mol. The van der Waals surface area contributed by atoms with E-state index in [2.05, 4.69) is 10.5 Å². The highest BCUT2D eigenvalue weighted by atomic mass is 16.5. The number of carbonyl (C=O) groups excluding carboxylic acids is 1. The highest BCUT2D eigenvalue weighted by Crippen LogP contribution is 2.29. The van der Waals surface area contributed by atoms with Gasteiger partial charge in [-0.25, -0.2) is 0 Å². The van der Waals surface area contributed by atoms with Crippen molar-refractivity contribution in [3.05, 3.63) is 90.0 Å². The lowest BCUT2D eigenvalue weighted by molar-refractivity contribution is -0.112. The minimum Gasteiger partial charge on any atom is -0.355 e. The molecule has 1 heterocycles. The van der Waals surface area contributed by atoms with Gasteiger partial charge in [0.15, 0.2) is 5.76 Å². The third-order valence-corrected chi connectivity index (χ3v) is 4.24. The van der Waals surface area contributed by atoms with Crippen LogP contribution in [0.25, 0.3) is 28.3 Å². The molecule has 4 aromatic rings. The number of nitrogens with zero attached hydrogens (tertiary/aromatic N) is 2. The zero-order chi connectivity index (χ0) is 19.3. The largest absolute Gasteiger partial charge is 0.355 e. The summed E-state index contributed by atoms with van der Waals surface area (Å²) in [6, 6.07) is 26.1. The Morgan fingerprint density at radius 1 is 1.00 bits per heavy atom. The molecule has 134 valence electrons. The molecule has 0 aliphatic rings. The van der Waals surface area contributed by atoms with Crippen molar-refractivity contribution in [2.45, 2.75) is 0 Å². The second-order valence-electron chi connectivity index (χ2n) is 6.14. The van der Waals surface area contributed by atoms with E-state index in [1.165, 1.54) is 0 Å². The van der Waals surface area contributed by atoms with Crippen LogP contribution in [0.15, 0.2) is 89.0 Å². The summed E-state index contributed by atoms with van der Waals surface area (Å²) in [6.07, 6.45) is 1.56. The van der Waals surface area contributed by atoms with Gasteiger partial charge in [0.1, 0.15) is 17.2 Å². The van der Waals surface area contributed by atoms with Gasteiger partial charge in [0, 0.05) is 11.3 Å². The Morgan fingerprint density at radius 3 is 2.43 bits per heavy atom. The van der Waals surface area contributed by atoms with Crippen LogP contribution >= 0.6 is 0 Å². The van der Waals surface area contributed by atoms with Crippen molar-refractivity contribution < 1.29 is 9.32 Å². The van der Waals surface area contributed by atoms with E-state index in [1.54, 1.807) is 30.3 Å². The second-order valence-corrected chi connectivity index (χ2v) is 6.14. The molecule has 0 saturated heterocycles. The number of amides is 1. The molecule has 0 unspecified atom stereocenters. The fourth-order valence-electron chi connectivity index (χ4n) is 2.88. The lowest BCUT2D eigenvalue weighted by atomic mass is 10.0. The van der Waals surface area contributed by atoms with Crippen LogP contribution in [-0.2, 0) is 4.79 Å². The maximum atomic E-state index is 12.4. The summed E-state index contributed by atoms with van der Waals surface area (Å²) in [5.74, 6) is 0.195. The molecule has 0 atom stereocenters. The second kappa shape index (κ2) is 7.60. The van der Waals surface area contributed by atoms with Gasteiger partial charge in [-0.2, -0.15) is 5.26 Å². The van der Waals surface area contributed by atoms with Gasteiger partial charge in [-0.05, 0) is 35.9 Å². The molecule has 0 aliphatic heterocycles. The van der Waals surface area contributed by atoms with E-state index in [4.69, 9.17) is 4.52 Å². The molecule has 0 aliphatic carbocycles. The van der Waals surface area contributed by atoms with Gasteiger partial charge in [0.2, 0.25) is 0 Å². The summed E-state index contributed by atoms with van der Waals surface area (Å²) < 4.78 is 5.50. The number of hydrogen-bond donors (Lipinski definition) is 1. The molecule has 3 aromatic carbocycles. The van der Waals surface area contributed by atoms with Gasteiger partial charge in [-0.1, -0.05) is 59.8 Å². The van der Waals surface area contributed by atoms with E-state index in [0.29, 0.717) is 22.5 Å². The van der Waals surface area contributed by atoms with Crippen LogP contribution in [-0.4, -0.2) is 11.1 Å². The van der Waals surface area contributed by atoms with Crippen LogP contribution in [0, 0.1) is 11.3 Å². The normalized spacial score (nSPS) is 11.2. The Kier molecular flexibility index (Phi) is 4.68. The van der Waals surface area contributed by atoms with Crippen LogP contribution in [0.4, 0.5) is 5.69 Å². The number of benzene rings is 3. The van der Waals surface area contributed by atoms with Crippen LogP contribution in [0.2, 0.25) is 0 Å². The van der Waals surface area contributed by atoms with Gasteiger partial charge in [-0.15, -0.1) is 0 Å². The summed E-state index contributed by atoms with van der Waals surface area (Å²) >= 11 is 0. The van der Waals surface area contributed by atoms with Crippen LogP contribution in [0.5, 0.6) is 0 Å². The minimum absolute atomic E-state index is 0.0147. The lowest BCUT2D eigenvalue weighted by Crippen LogP contribution is -2.13. The van der Waals surface area contributed by atoms with Crippen molar-refractivity contribution in [2.24, 2.45) is 0 Å². The molecule has 5 nitrogen and oxygen atoms in total. The number of rotatable bonds is 4. The highest BCUT2D eigenvalue weighted by Gasteiger charge is 2.13. The summed E-state index contributed by atoms with van der Waals surface area (Å²) in [7, 11) is 0. The first kappa shape index (κ1) is 17.3. The summed E-state index contributed by atoms with van der Waals surface area (Å²) in [5, 5.41) is 17.1. The van der Waals surface area contributed by atoms with Crippen LogP contribution in [0.3, 0.4) is 0 Å². The quantitative estimate of drug-likeness (QED) is 0.406. The number of anilines is 1. The lowest BCUT2D eigenvalue weighted by Gasteiger charge is -2.04. The van der Waals surface area contributed by atoms with Gasteiger partial charge < -0.3 is 9.84 Å². The molecule has 4 rings (SSSR count). The zero-order valence-corrected chi connectivity index (χ0v) is 14.8. The summed E-state index contributed by atoms with van der Waals surface area (Å²) in [5.41, 5.74) is 2.99. The van der Waals surface area contributed by atoms with Crippen molar-refractivity contribution in [2.75, 3.05) is 5.32 Å². The maximum Gasteiger partial charge on any atom is 0.266 e. The predicted octanol–water partition coefficient (Wildman–Crippen LogP) is 5.04. The SMILES string of the molecule is N#CC(=Cc1ccc2noc(-c3ccccc3)c2c1)C(=O)Nc1ccccc1. The Labute approximate surface area is 161 Å². The predicted molar refractivity (Wildman–Crippen MR) is 108 cm³/mol. The number of nitrogens with one attached hydrogen (secondary N) is 1. The Morgan fingerprint density at radius 2 is 1.71 bits per heavy atom. The fraction of sp³-hybridized carbons (Fsp3) is 0. The van der Waals surface area contributed by atoms with Gasteiger partial charge in [-0.3, -0.25) is 4.79 Å².